The fourth-order valence-corrected chi connectivity index (χ4v) is 10.4. The Balaban J connectivity index is 1.07. The molecule has 0 bridgehead atoms. The van der Waals surface area contributed by atoms with Crippen LogP contribution in [0.2, 0.25) is 0 Å². The third kappa shape index (κ3) is 6.53. The summed E-state index contributed by atoms with van der Waals surface area (Å²) >= 11 is 15.0. The Morgan fingerprint density at radius 1 is 0.758 bits per heavy atom. The number of alkyl halides is 2. The normalized spacial score (nSPS) is 25.4. The lowest BCUT2D eigenvalue weighted by molar-refractivity contribution is -0.125. The summed E-state index contributed by atoms with van der Waals surface area (Å²) in [5.41, 5.74) is 3.59. The molecule has 2 aliphatic heterocycles. The molecule has 6 atom stereocenters. The Bertz CT molecular complexity index is 2690. The third-order valence-electron chi connectivity index (χ3n) is 12.5. The van der Waals surface area contributed by atoms with Crippen LogP contribution in [0.15, 0.2) is 127 Å². The molecule has 10 nitrogen and oxygen atoms in total. The summed E-state index contributed by atoms with van der Waals surface area (Å²) in [7, 11) is 3.17. The van der Waals surface area contributed by atoms with E-state index in [1.165, 1.54) is 23.1 Å². The zero-order valence-corrected chi connectivity index (χ0v) is 35.0. The number of aromatic hydroxyl groups is 1. The predicted molar refractivity (Wildman–Crippen MR) is 233 cm³/mol. The van der Waals surface area contributed by atoms with Gasteiger partial charge in [0.25, 0.3) is 11.8 Å². The Hall–Kier alpha value is -6.43. The number of imide groups is 2. The van der Waals surface area contributed by atoms with Gasteiger partial charge in [-0.05, 0) is 90.6 Å². The second kappa shape index (κ2) is 15.8. The number of nitrogens with zero attached hydrogens (tertiary/aromatic N) is 2. The van der Waals surface area contributed by atoms with Crippen LogP contribution in [-0.4, -0.2) is 52.7 Å². The monoisotopic (exact) mass is 872 g/mol. The Labute approximate surface area is 366 Å². The van der Waals surface area contributed by atoms with E-state index < -0.39 is 62.9 Å². The molecular formula is C49H39Cl2FN2O8. The molecule has 4 amide bonds. The average molecular weight is 874 g/mol. The lowest BCUT2D eigenvalue weighted by Gasteiger charge is -2.50. The number of phenols is 1. The molecule has 5 aromatic carbocycles. The lowest BCUT2D eigenvalue weighted by Crippen LogP contribution is -2.60. The summed E-state index contributed by atoms with van der Waals surface area (Å²) in [5.74, 6) is -5.68. The highest BCUT2D eigenvalue weighted by atomic mass is 35.5. The van der Waals surface area contributed by atoms with Gasteiger partial charge in [0, 0.05) is 23.1 Å². The molecule has 1 saturated carbocycles. The standard InChI is InChI=1S/C49H39Cl2FN2O8/c1-60-34-19-23-41(61-2)30(24-34)11-8-28-9-14-32(15-10-28)53-44(56)38-22-21-36-39(42(38)45(53)57)26-48(50)46(58)54(33-16-12-31(52)13-17-33)47(59)49(48,51)43(36)37-20-18-35(25-40(37)55)62-27-29-6-4-3-5-7-29/h3-21,23-25,38-39,42-43,55H,22,26-27H2,1-2H3. The van der Waals surface area contributed by atoms with Gasteiger partial charge in [0.15, 0.2) is 9.75 Å². The fourth-order valence-electron chi connectivity index (χ4n) is 9.49. The van der Waals surface area contributed by atoms with E-state index in [0.29, 0.717) is 28.5 Å². The van der Waals surface area contributed by atoms with Crippen molar-refractivity contribution in [1.82, 2.24) is 0 Å². The molecule has 0 aromatic heterocycles. The minimum Gasteiger partial charge on any atom is -0.508 e. The van der Waals surface area contributed by atoms with Crippen molar-refractivity contribution in [1.29, 1.82) is 0 Å². The van der Waals surface area contributed by atoms with Crippen LogP contribution in [0.25, 0.3) is 12.2 Å². The molecule has 3 fully saturated rings. The average Bonchev–Trinajstić information content (AvgIpc) is 3.63. The van der Waals surface area contributed by atoms with Gasteiger partial charge < -0.3 is 19.3 Å². The van der Waals surface area contributed by atoms with Gasteiger partial charge in [-0.3, -0.25) is 24.1 Å². The third-order valence-corrected chi connectivity index (χ3v) is 13.9. The molecule has 9 rings (SSSR count). The van der Waals surface area contributed by atoms with Crippen molar-refractivity contribution in [3.8, 4) is 23.0 Å². The van der Waals surface area contributed by atoms with E-state index in [2.05, 4.69) is 0 Å². The molecule has 2 saturated heterocycles. The summed E-state index contributed by atoms with van der Waals surface area (Å²) in [6.07, 6.45) is 5.40. The number of rotatable bonds is 10. The number of ether oxygens (including phenoxy) is 3. The number of carbonyl (C=O) groups is 4. The molecule has 0 spiro atoms. The van der Waals surface area contributed by atoms with Crippen LogP contribution in [0.5, 0.6) is 23.0 Å². The zero-order valence-electron chi connectivity index (χ0n) is 33.5. The maximum absolute atomic E-state index is 14.8. The van der Waals surface area contributed by atoms with Crippen LogP contribution in [-0.2, 0) is 25.8 Å². The van der Waals surface area contributed by atoms with Crippen LogP contribution in [0.4, 0.5) is 15.8 Å². The van der Waals surface area contributed by atoms with E-state index >= 15 is 0 Å². The van der Waals surface area contributed by atoms with Gasteiger partial charge in [0.2, 0.25) is 11.8 Å². The largest absolute Gasteiger partial charge is 0.508 e. The minimum absolute atomic E-state index is 0.0533. The number of fused-ring (bicyclic) bond motifs is 4. The number of anilines is 2. The minimum atomic E-state index is -2.22. The number of amides is 4. The van der Waals surface area contributed by atoms with Crippen molar-refractivity contribution in [2.75, 3.05) is 24.0 Å². The van der Waals surface area contributed by atoms with E-state index in [4.69, 9.17) is 37.4 Å². The van der Waals surface area contributed by atoms with Crippen molar-refractivity contribution in [2.45, 2.75) is 35.1 Å². The molecule has 2 heterocycles. The van der Waals surface area contributed by atoms with E-state index in [0.717, 1.165) is 33.7 Å². The van der Waals surface area contributed by atoms with E-state index in [1.54, 1.807) is 62.8 Å². The van der Waals surface area contributed by atoms with Gasteiger partial charge in [0.1, 0.15) is 35.4 Å². The lowest BCUT2D eigenvalue weighted by atomic mass is 9.56. The smallest absolute Gasteiger partial charge is 0.258 e. The molecule has 13 heteroatoms. The van der Waals surface area contributed by atoms with Gasteiger partial charge >= 0.3 is 0 Å². The summed E-state index contributed by atoms with van der Waals surface area (Å²) in [6.45, 7) is 0.216. The van der Waals surface area contributed by atoms with E-state index in [-0.39, 0.29) is 36.4 Å². The first-order valence-electron chi connectivity index (χ1n) is 20.0. The van der Waals surface area contributed by atoms with Gasteiger partial charge in [-0.2, -0.15) is 0 Å². The maximum atomic E-state index is 14.8. The number of hydrogen-bond acceptors (Lipinski definition) is 8. The second-order valence-corrected chi connectivity index (χ2v) is 17.0. The SMILES string of the molecule is COc1ccc(OC)c(C=Cc2ccc(N3C(=O)C4CC=C5C(CC6(Cl)C(=O)N(c7ccc(F)cc7)C(=O)C6(Cl)C5c5ccc(OCc6ccccc6)cc5O)C4C3=O)cc2)c1. The highest BCUT2D eigenvalue weighted by molar-refractivity contribution is 6.58. The predicted octanol–water partition coefficient (Wildman–Crippen LogP) is 9.07. The number of carbonyl (C=O) groups excluding carboxylic acids is 4. The molecule has 0 radical (unpaired) electrons. The highest BCUT2D eigenvalue weighted by Crippen LogP contribution is 2.66. The summed E-state index contributed by atoms with van der Waals surface area (Å²) in [6, 6.07) is 31.3. The molecule has 5 aromatic rings. The van der Waals surface area contributed by atoms with Crippen molar-refractivity contribution in [2.24, 2.45) is 17.8 Å². The highest BCUT2D eigenvalue weighted by Gasteiger charge is 2.77. The van der Waals surface area contributed by atoms with Gasteiger partial charge in [0.05, 0.1) is 37.4 Å². The first-order valence-corrected chi connectivity index (χ1v) is 20.7. The number of benzene rings is 5. The summed E-state index contributed by atoms with van der Waals surface area (Å²) in [5, 5.41) is 11.8. The summed E-state index contributed by atoms with van der Waals surface area (Å²) in [4.78, 5) is 56.0. The second-order valence-electron chi connectivity index (χ2n) is 15.8. The fraction of sp³-hybridized carbons (Fsp3) is 0.224. The number of halogens is 3. The van der Waals surface area contributed by atoms with Crippen molar-refractivity contribution in [3.05, 3.63) is 155 Å². The Kier molecular flexibility index (Phi) is 10.4. The molecule has 1 N–H and O–H groups in total. The van der Waals surface area contributed by atoms with Crippen molar-refractivity contribution in [3.63, 3.8) is 0 Å². The maximum Gasteiger partial charge on any atom is 0.258 e. The molecule has 4 aliphatic rings. The number of allylic oxidation sites excluding steroid dienone is 2. The molecule has 314 valence electrons. The Morgan fingerprint density at radius 3 is 2.15 bits per heavy atom. The molecule has 2 aliphatic carbocycles. The van der Waals surface area contributed by atoms with Crippen LogP contribution in [0, 0.1) is 23.6 Å². The zero-order chi connectivity index (χ0) is 43.5. The van der Waals surface area contributed by atoms with Gasteiger partial charge in [-0.25, -0.2) is 9.29 Å². The van der Waals surface area contributed by atoms with Crippen molar-refractivity contribution < 1.29 is 42.9 Å². The van der Waals surface area contributed by atoms with E-state index in [1.807, 2.05) is 54.6 Å². The topological polar surface area (TPSA) is 123 Å². The molecule has 6 unspecified atom stereocenters. The summed E-state index contributed by atoms with van der Waals surface area (Å²) < 4.78 is 30.9. The van der Waals surface area contributed by atoms with Crippen LogP contribution in [0.3, 0.4) is 0 Å². The van der Waals surface area contributed by atoms with Crippen molar-refractivity contribution >= 4 is 70.4 Å². The van der Waals surface area contributed by atoms with E-state index in [9.17, 15) is 28.7 Å². The number of phenolic OH excluding ortho intramolecular Hbond substituents is 1. The first-order chi connectivity index (χ1) is 29.9. The number of methoxy groups -OCH3 is 2. The van der Waals surface area contributed by atoms with Gasteiger partial charge in [-0.15, -0.1) is 23.2 Å². The van der Waals surface area contributed by atoms with Gasteiger partial charge in [-0.1, -0.05) is 72.3 Å². The van der Waals surface area contributed by atoms with Crippen LogP contribution >= 0.6 is 23.2 Å². The quantitative estimate of drug-likeness (QED) is 0.0639. The number of hydrogen-bond donors (Lipinski definition) is 1. The van der Waals surface area contributed by atoms with Crippen LogP contribution in [0.1, 0.15) is 41.0 Å². The molecular weight excluding hydrogens is 834 g/mol. The van der Waals surface area contributed by atoms with Crippen LogP contribution < -0.4 is 24.0 Å². The first kappa shape index (κ1) is 40.9. The Morgan fingerprint density at radius 2 is 1.45 bits per heavy atom. The molecule has 62 heavy (non-hydrogen) atoms.